The first kappa shape index (κ1) is 19.1. The number of ether oxygens (including phenoxy) is 1. The van der Waals surface area contributed by atoms with Crippen LogP contribution in [0.1, 0.15) is 40.1 Å². The molecular formula is C20H25NO3S2. The molecule has 1 fully saturated rings. The van der Waals surface area contributed by atoms with Gasteiger partial charge in [0.15, 0.2) is 0 Å². The summed E-state index contributed by atoms with van der Waals surface area (Å²) >= 11 is 3.59. The minimum atomic E-state index is -1.17. The number of aryl methyl sites for hydroxylation is 2. The molecule has 2 aromatic rings. The zero-order valence-corrected chi connectivity index (χ0v) is 16.9. The summed E-state index contributed by atoms with van der Waals surface area (Å²) in [7, 11) is 0. The fourth-order valence-electron chi connectivity index (χ4n) is 3.43. The van der Waals surface area contributed by atoms with Gasteiger partial charge in [-0.25, -0.2) is 4.79 Å². The number of thiophene rings is 2. The second-order valence-corrected chi connectivity index (χ2v) is 8.55. The molecule has 0 unspecified atom stereocenters. The summed E-state index contributed by atoms with van der Waals surface area (Å²) in [6, 6.07) is 4.35. The molecule has 0 aliphatic carbocycles. The van der Waals surface area contributed by atoms with E-state index in [-0.39, 0.29) is 6.10 Å². The number of carbonyl (C=O) groups is 1. The Morgan fingerprint density at radius 1 is 1.27 bits per heavy atom. The first-order chi connectivity index (χ1) is 12.5. The molecule has 140 valence electrons. The van der Waals surface area contributed by atoms with Crippen LogP contribution in [-0.2, 0) is 4.74 Å². The first-order valence-electron chi connectivity index (χ1n) is 8.95. The highest BCUT2D eigenvalue weighted by atomic mass is 32.1. The van der Waals surface area contributed by atoms with Crippen LogP contribution in [0.4, 0.5) is 4.79 Å². The standard InChI is InChI=1S/C20H25NO3S2/c1-14-7-11-25-18(14)17(19-15(2)8-12-26-19)6-4-10-21-9-3-5-16(13-21)24-20(22)23/h6-8,11-12,16H,3-5,9-10,13H2,1-2H3,(H,22,23)/t16-/m1/s1. The van der Waals surface area contributed by atoms with Crippen LogP contribution in [0.5, 0.6) is 0 Å². The third-order valence-electron chi connectivity index (χ3n) is 4.74. The van der Waals surface area contributed by atoms with Crippen molar-refractivity contribution in [3.8, 4) is 0 Å². The number of piperidine rings is 1. The minimum Gasteiger partial charge on any atom is -0.450 e. The van der Waals surface area contributed by atoms with Crippen molar-refractivity contribution in [1.29, 1.82) is 0 Å². The van der Waals surface area contributed by atoms with E-state index in [9.17, 15) is 4.79 Å². The Labute approximate surface area is 162 Å². The molecule has 26 heavy (non-hydrogen) atoms. The molecule has 4 nitrogen and oxygen atoms in total. The number of carboxylic acid groups (broad SMARTS) is 1. The van der Waals surface area contributed by atoms with Gasteiger partial charge in [-0.15, -0.1) is 22.7 Å². The smallest absolute Gasteiger partial charge is 0.450 e. The van der Waals surface area contributed by atoms with Crippen molar-refractivity contribution < 1.29 is 14.6 Å². The predicted molar refractivity (Wildman–Crippen MR) is 108 cm³/mol. The number of likely N-dealkylation sites (tertiary alicyclic amines) is 1. The zero-order chi connectivity index (χ0) is 18.5. The number of rotatable bonds is 6. The van der Waals surface area contributed by atoms with E-state index in [0.29, 0.717) is 6.54 Å². The maximum absolute atomic E-state index is 10.8. The van der Waals surface area contributed by atoms with E-state index in [2.05, 4.69) is 47.7 Å². The fourth-order valence-corrected chi connectivity index (χ4v) is 5.45. The number of nitrogens with zero attached hydrogens (tertiary/aromatic N) is 1. The van der Waals surface area contributed by atoms with E-state index in [4.69, 9.17) is 9.84 Å². The lowest BCUT2D eigenvalue weighted by Gasteiger charge is -2.31. The summed E-state index contributed by atoms with van der Waals surface area (Å²) in [5.41, 5.74) is 3.98. The topological polar surface area (TPSA) is 49.8 Å². The van der Waals surface area contributed by atoms with Crippen molar-refractivity contribution in [3.05, 3.63) is 49.9 Å². The van der Waals surface area contributed by atoms with Gasteiger partial charge < -0.3 is 9.84 Å². The van der Waals surface area contributed by atoms with Crippen LogP contribution < -0.4 is 0 Å². The van der Waals surface area contributed by atoms with Crippen molar-refractivity contribution in [2.24, 2.45) is 0 Å². The average molecular weight is 392 g/mol. The summed E-state index contributed by atoms with van der Waals surface area (Å²) in [4.78, 5) is 15.8. The zero-order valence-electron chi connectivity index (χ0n) is 15.2. The van der Waals surface area contributed by atoms with E-state index in [1.54, 1.807) is 22.7 Å². The molecule has 1 N–H and O–H groups in total. The second kappa shape index (κ2) is 8.84. The van der Waals surface area contributed by atoms with Crippen molar-refractivity contribution >= 4 is 34.4 Å². The molecule has 0 amide bonds. The van der Waals surface area contributed by atoms with E-state index in [0.717, 1.165) is 32.4 Å². The Morgan fingerprint density at radius 3 is 2.46 bits per heavy atom. The Morgan fingerprint density at radius 2 is 1.92 bits per heavy atom. The monoisotopic (exact) mass is 391 g/mol. The number of hydrogen-bond acceptors (Lipinski definition) is 5. The molecule has 1 atom stereocenters. The van der Waals surface area contributed by atoms with Gasteiger partial charge in [-0.05, 0) is 73.7 Å². The lowest BCUT2D eigenvalue weighted by Crippen LogP contribution is -2.40. The third kappa shape index (κ3) is 4.75. The molecule has 3 heterocycles. The molecule has 0 radical (unpaired) electrons. The van der Waals surface area contributed by atoms with Crippen molar-refractivity contribution in [2.75, 3.05) is 19.6 Å². The summed E-state index contributed by atoms with van der Waals surface area (Å²) < 4.78 is 4.96. The maximum Gasteiger partial charge on any atom is 0.506 e. The number of hydrogen-bond donors (Lipinski definition) is 1. The van der Waals surface area contributed by atoms with Gasteiger partial charge >= 0.3 is 6.16 Å². The van der Waals surface area contributed by atoms with Crippen molar-refractivity contribution in [2.45, 2.75) is 39.2 Å². The molecule has 0 saturated carbocycles. The Hall–Kier alpha value is -1.63. The Bertz CT molecular complexity index is 735. The molecule has 3 rings (SSSR count). The lowest BCUT2D eigenvalue weighted by molar-refractivity contribution is 0.0140. The van der Waals surface area contributed by atoms with Crippen molar-refractivity contribution in [3.63, 3.8) is 0 Å². The fraction of sp³-hybridized carbons (Fsp3) is 0.450. The quantitative estimate of drug-likeness (QED) is 0.669. The van der Waals surface area contributed by atoms with Gasteiger partial charge in [-0.2, -0.15) is 0 Å². The molecule has 1 aliphatic heterocycles. The van der Waals surface area contributed by atoms with Crippen LogP contribution in [0, 0.1) is 13.8 Å². The first-order valence-corrected chi connectivity index (χ1v) is 10.7. The highest BCUT2D eigenvalue weighted by molar-refractivity contribution is 7.14. The van der Waals surface area contributed by atoms with E-state index >= 15 is 0 Å². The maximum atomic E-state index is 10.8. The highest BCUT2D eigenvalue weighted by Crippen LogP contribution is 2.35. The molecule has 1 saturated heterocycles. The van der Waals surface area contributed by atoms with E-state index < -0.39 is 6.16 Å². The van der Waals surface area contributed by atoms with Crippen LogP contribution >= 0.6 is 22.7 Å². The molecule has 0 spiro atoms. The van der Waals surface area contributed by atoms with Crippen LogP contribution in [0.2, 0.25) is 0 Å². The largest absolute Gasteiger partial charge is 0.506 e. The van der Waals surface area contributed by atoms with Gasteiger partial charge in [0, 0.05) is 28.4 Å². The Kier molecular flexibility index (Phi) is 6.51. The van der Waals surface area contributed by atoms with E-state index in [1.165, 1.54) is 26.5 Å². The van der Waals surface area contributed by atoms with Crippen LogP contribution in [0.3, 0.4) is 0 Å². The van der Waals surface area contributed by atoms with Gasteiger partial charge in [0.25, 0.3) is 0 Å². The molecule has 1 aliphatic rings. The van der Waals surface area contributed by atoms with Gasteiger partial charge in [0.05, 0.1) is 0 Å². The SMILES string of the molecule is Cc1ccsc1C(=CCCN1CCC[C@@H](OC(=O)O)C1)c1sccc1C. The van der Waals surface area contributed by atoms with Crippen LogP contribution in [0.15, 0.2) is 29.0 Å². The summed E-state index contributed by atoms with van der Waals surface area (Å²) in [5, 5.41) is 13.1. The average Bonchev–Trinajstić information content (AvgIpc) is 3.20. The second-order valence-electron chi connectivity index (χ2n) is 6.72. The third-order valence-corrected chi connectivity index (χ3v) is 6.84. The van der Waals surface area contributed by atoms with Gasteiger partial charge in [-0.3, -0.25) is 4.90 Å². The summed E-state index contributed by atoms with van der Waals surface area (Å²) in [6.45, 7) is 6.98. The summed E-state index contributed by atoms with van der Waals surface area (Å²) in [5.74, 6) is 0. The van der Waals surface area contributed by atoms with Gasteiger partial charge in [0.2, 0.25) is 0 Å². The van der Waals surface area contributed by atoms with Crippen LogP contribution in [-0.4, -0.2) is 41.9 Å². The van der Waals surface area contributed by atoms with Gasteiger partial charge in [0.1, 0.15) is 6.10 Å². The molecule has 0 bridgehead atoms. The highest BCUT2D eigenvalue weighted by Gasteiger charge is 2.22. The molecule has 2 aromatic heterocycles. The molecular weight excluding hydrogens is 366 g/mol. The van der Waals surface area contributed by atoms with E-state index in [1.807, 2.05) is 0 Å². The van der Waals surface area contributed by atoms with Gasteiger partial charge in [-0.1, -0.05) is 6.08 Å². The minimum absolute atomic E-state index is 0.191. The molecule has 6 heteroatoms. The summed E-state index contributed by atoms with van der Waals surface area (Å²) in [6.07, 6.45) is 3.75. The normalized spacial score (nSPS) is 17.8. The van der Waals surface area contributed by atoms with Crippen molar-refractivity contribution in [1.82, 2.24) is 4.90 Å². The lowest BCUT2D eigenvalue weighted by atomic mass is 10.0. The predicted octanol–water partition coefficient (Wildman–Crippen LogP) is 5.41. The Balaban J connectivity index is 1.69. The van der Waals surface area contributed by atoms with Crippen LogP contribution in [0.25, 0.3) is 5.57 Å². The molecule has 0 aromatic carbocycles.